The molecule has 12 nitrogen and oxygen atoms in total. The van der Waals surface area contributed by atoms with Crippen LogP contribution in [0, 0.1) is 18.8 Å². The van der Waals surface area contributed by atoms with Gasteiger partial charge in [0.15, 0.2) is 5.76 Å². The zero-order chi connectivity index (χ0) is 30.0. The Bertz CT molecular complexity index is 1620. The Morgan fingerprint density at radius 3 is 2.55 bits per heavy atom. The second kappa shape index (κ2) is 12.0. The lowest BCUT2D eigenvalue weighted by molar-refractivity contribution is -0.136. The molecule has 5 rings (SSSR count). The topological polar surface area (TPSA) is 183 Å². The first-order valence-corrected chi connectivity index (χ1v) is 14.0. The molecule has 3 aromatic rings. The van der Waals surface area contributed by atoms with Crippen LogP contribution in [0.3, 0.4) is 0 Å². The Morgan fingerprint density at radius 1 is 1.07 bits per heavy atom. The zero-order valence-corrected chi connectivity index (χ0v) is 23.2. The number of pyridine rings is 1. The van der Waals surface area contributed by atoms with Gasteiger partial charge >= 0.3 is 0 Å². The summed E-state index contributed by atoms with van der Waals surface area (Å²) in [5.74, 6) is -2.74. The van der Waals surface area contributed by atoms with E-state index >= 15 is 0 Å². The van der Waals surface area contributed by atoms with Crippen LogP contribution in [0.4, 0.5) is 5.69 Å². The highest BCUT2D eigenvalue weighted by Crippen LogP contribution is 2.44. The fourth-order valence-electron chi connectivity index (χ4n) is 6.09. The van der Waals surface area contributed by atoms with Crippen molar-refractivity contribution in [2.45, 2.75) is 64.1 Å². The Hall–Kier alpha value is -4.74. The van der Waals surface area contributed by atoms with Crippen molar-refractivity contribution in [3.05, 3.63) is 64.3 Å². The molecular formula is C30H33N5O7. The van der Waals surface area contributed by atoms with Gasteiger partial charge in [-0.3, -0.25) is 28.8 Å². The van der Waals surface area contributed by atoms with Gasteiger partial charge in [-0.15, -0.1) is 0 Å². The first kappa shape index (κ1) is 28.8. The lowest BCUT2D eigenvalue weighted by Gasteiger charge is -2.23. The van der Waals surface area contributed by atoms with Crippen molar-refractivity contribution >= 4 is 46.1 Å². The van der Waals surface area contributed by atoms with Gasteiger partial charge < -0.3 is 30.7 Å². The number of amides is 4. The number of rotatable bonds is 11. The van der Waals surface area contributed by atoms with E-state index in [1.165, 1.54) is 29.3 Å². The van der Waals surface area contributed by atoms with Crippen LogP contribution in [0.25, 0.3) is 11.0 Å². The van der Waals surface area contributed by atoms with E-state index < -0.39 is 41.5 Å². The largest absolute Gasteiger partial charge is 0.451 e. The van der Waals surface area contributed by atoms with E-state index in [4.69, 9.17) is 10.2 Å². The number of carbonyl (C=O) groups excluding carboxylic acids is 5. The van der Waals surface area contributed by atoms with E-state index in [1.54, 1.807) is 31.2 Å². The highest BCUT2D eigenvalue weighted by atomic mass is 16.3. The normalized spacial score (nSPS) is 19.8. The van der Waals surface area contributed by atoms with Crippen LogP contribution >= 0.6 is 0 Å². The Labute approximate surface area is 241 Å². The van der Waals surface area contributed by atoms with Crippen molar-refractivity contribution in [1.82, 2.24) is 15.2 Å². The van der Waals surface area contributed by atoms with Gasteiger partial charge in [0, 0.05) is 29.6 Å². The number of furan rings is 1. The molecule has 2 bridgehead atoms. The standard InChI is InChI=1S/C30H33N5O7/c1-16-19-5-2-3-7-24(19)42-26(16)29(40)33-20(10-11-23(36)27(31)38)28(39)34-21-6-4-12-35(30(21)41)15-25(37)32-22-14-17-8-9-18(22)13-17/h2-7,12,17-18,20,22H,8-11,13-15H2,1H3,(H2,31,38)(H,32,37)(H,33,40)(H,34,39)/t17-,18+,20+,22-/m1/s1. The van der Waals surface area contributed by atoms with Crippen molar-refractivity contribution in [2.75, 3.05) is 5.32 Å². The number of primary amides is 1. The molecule has 2 heterocycles. The fourth-order valence-corrected chi connectivity index (χ4v) is 6.09. The average Bonchev–Trinajstić information content (AvgIpc) is 3.67. The first-order chi connectivity index (χ1) is 20.1. The summed E-state index contributed by atoms with van der Waals surface area (Å²) in [5.41, 5.74) is 5.37. The minimum Gasteiger partial charge on any atom is -0.451 e. The molecule has 2 saturated carbocycles. The van der Waals surface area contributed by atoms with Gasteiger partial charge in [-0.1, -0.05) is 24.6 Å². The summed E-state index contributed by atoms with van der Waals surface area (Å²) in [6, 6.07) is 8.75. The summed E-state index contributed by atoms with van der Waals surface area (Å²) >= 11 is 0. The third kappa shape index (κ3) is 6.12. The number of nitrogens with one attached hydrogen (secondary N) is 3. The molecule has 42 heavy (non-hydrogen) atoms. The molecule has 4 atom stereocenters. The van der Waals surface area contributed by atoms with Crippen LogP contribution < -0.4 is 27.2 Å². The minimum atomic E-state index is -1.32. The molecule has 2 aromatic heterocycles. The molecule has 12 heteroatoms. The number of fused-ring (bicyclic) bond motifs is 3. The number of ketones is 1. The number of nitrogens with zero attached hydrogens (tertiary/aromatic N) is 1. The molecule has 4 amide bonds. The molecular weight excluding hydrogens is 542 g/mol. The van der Waals surface area contributed by atoms with Crippen molar-refractivity contribution in [1.29, 1.82) is 0 Å². The predicted molar refractivity (Wildman–Crippen MR) is 152 cm³/mol. The fraction of sp³-hybridized carbons (Fsp3) is 0.400. The number of aromatic nitrogens is 1. The monoisotopic (exact) mass is 575 g/mol. The predicted octanol–water partition coefficient (Wildman–Crippen LogP) is 1.78. The van der Waals surface area contributed by atoms with Gasteiger partial charge in [0.2, 0.25) is 17.6 Å². The van der Waals surface area contributed by atoms with E-state index in [0.717, 1.165) is 24.6 Å². The average molecular weight is 576 g/mol. The second-order valence-corrected chi connectivity index (χ2v) is 11.1. The second-order valence-electron chi connectivity index (χ2n) is 11.1. The molecule has 0 aliphatic heterocycles. The van der Waals surface area contributed by atoms with Gasteiger partial charge in [0.1, 0.15) is 23.9 Å². The van der Waals surface area contributed by atoms with Crippen molar-refractivity contribution in [3.8, 4) is 0 Å². The number of carbonyl (C=O) groups is 5. The molecule has 5 N–H and O–H groups in total. The van der Waals surface area contributed by atoms with E-state index in [2.05, 4.69) is 16.0 Å². The Balaban J connectivity index is 1.29. The maximum atomic E-state index is 13.3. The smallest absolute Gasteiger partial charge is 0.287 e. The highest BCUT2D eigenvalue weighted by Gasteiger charge is 2.40. The maximum absolute atomic E-state index is 13.3. The lowest BCUT2D eigenvalue weighted by atomic mass is 9.95. The summed E-state index contributed by atoms with van der Waals surface area (Å²) in [7, 11) is 0. The van der Waals surface area contributed by atoms with Crippen LogP contribution in [0.2, 0.25) is 0 Å². The number of hydrogen-bond acceptors (Lipinski definition) is 7. The van der Waals surface area contributed by atoms with Crippen molar-refractivity contribution in [2.24, 2.45) is 17.6 Å². The minimum absolute atomic E-state index is 0.0150. The number of anilines is 1. The molecule has 220 valence electrons. The van der Waals surface area contributed by atoms with Crippen LogP contribution in [0.5, 0.6) is 0 Å². The molecule has 0 saturated heterocycles. The van der Waals surface area contributed by atoms with Gasteiger partial charge in [0.25, 0.3) is 17.4 Å². The summed E-state index contributed by atoms with van der Waals surface area (Å²) in [4.78, 5) is 75.4. The molecule has 2 aliphatic carbocycles. The van der Waals surface area contributed by atoms with E-state index in [1.807, 2.05) is 0 Å². The Kier molecular flexibility index (Phi) is 8.23. The number of aryl methyl sites for hydroxylation is 1. The molecule has 0 spiro atoms. The van der Waals surface area contributed by atoms with Gasteiger partial charge in [-0.2, -0.15) is 0 Å². The van der Waals surface area contributed by atoms with Crippen molar-refractivity contribution < 1.29 is 28.4 Å². The Morgan fingerprint density at radius 2 is 1.86 bits per heavy atom. The van der Waals surface area contributed by atoms with Crippen LogP contribution in [0.15, 0.2) is 51.8 Å². The number of benzene rings is 1. The molecule has 2 aliphatic rings. The van der Waals surface area contributed by atoms with Crippen molar-refractivity contribution in [3.63, 3.8) is 0 Å². The van der Waals surface area contributed by atoms with Gasteiger partial charge in [-0.25, -0.2) is 0 Å². The molecule has 0 unspecified atom stereocenters. The number of para-hydroxylation sites is 1. The lowest BCUT2D eigenvalue weighted by Crippen LogP contribution is -2.45. The number of nitrogens with two attached hydrogens (primary N) is 1. The summed E-state index contributed by atoms with van der Waals surface area (Å²) in [6.07, 6.45) is 5.18. The SMILES string of the molecule is Cc1c(C(=O)N[C@@H](CCC(=O)C(N)=O)C(=O)Nc2cccn(CC(=O)N[C@@H]3C[C@@H]4CC[C@H]3C4)c2=O)oc2ccccc12. The molecule has 2 fully saturated rings. The summed E-state index contributed by atoms with van der Waals surface area (Å²) < 4.78 is 6.88. The molecule has 0 radical (unpaired) electrons. The van der Waals surface area contributed by atoms with Crippen LogP contribution in [0.1, 0.15) is 54.6 Å². The van der Waals surface area contributed by atoms with Crippen LogP contribution in [-0.2, 0) is 25.7 Å². The molecule has 1 aromatic carbocycles. The quantitative estimate of drug-likeness (QED) is 0.251. The first-order valence-electron chi connectivity index (χ1n) is 14.0. The third-order valence-electron chi connectivity index (χ3n) is 8.28. The maximum Gasteiger partial charge on any atom is 0.287 e. The van der Waals surface area contributed by atoms with Gasteiger partial charge in [0.05, 0.1) is 0 Å². The van der Waals surface area contributed by atoms with E-state index in [9.17, 15) is 28.8 Å². The van der Waals surface area contributed by atoms with Gasteiger partial charge in [-0.05, 0) is 62.6 Å². The van der Waals surface area contributed by atoms with Crippen LogP contribution in [-0.4, -0.2) is 46.1 Å². The summed E-state index contributed by atoms with van der Waals surface area (Å²) in [5, 5.41) is 8.80. The van der Waals surface area contributed by atoms with E-state index in [-0.39, 0.29) is 36.4 Å². The summed E-state index contributed by atoms with van der Waals surface area (Å²) in [6.45, 7) is 1.49. The third-order valence-corrected chi connectivity index (χ3v) is 8.28. The van der Waals surface area contributed by atoms with E-state index in [0.29, 0.717) is 23.0 Å². The zero-order valence-electron chi connectivity index (χ0n) is 23.2. The highest BCUT2D eigenvalue weighted by molar-refractivity contribution is 6.35. The number of hydrogen-bond donors (Lipinski definition) is 4. The number of Topliss-reactive ketones (excluding diaryl/α,β-unsaturated/α-hetero) is 1.